The standard InChI is InChI=1S/C32H35F2N3O6.C27H27F2N3O5/c1-21-5-7-24(35-31(38)22-6-8-27-26(16-22)32(33,34)20-43-27)19-25(21)23-17-28(37-9-12-39-13-10-37)36-29(18-23)40-14-15-42-30-4-2-3-11-41-30;1-17-2-4-20(30-26(34)18-3-5-23-22(12-18)27(28,29)16-37-23)15-21(17)19-13-24(32-6-9-35-10-7-32)31-25(14-19)36-11-8-33/h5-8,16-19,30H,2-4,9-15,20H2,1H3,(H,35,38);2-5,12-15,33H,6-11,16H2,1H3,(H,30,34). The molecule has 0 aliphatic carbocycles. The lowest BCUT2D eigenvalue weighted by atomic mass is 10.00. The lowest BCUT2D eigenvalue weighted by Gasteiger charge is -2.28. The van der Waals surface area contributed by atoms with Gasteiger partial charge in [0, 0.05) is 67.4 Å². The number of carbonyl (C=O) groups is 2. The van der Waals surface area contributed by atoms with Crippen molar-refractivity contribution in [3.05, 3.63) is 130 Å². The molecule has 6 aromatic rings. The molecular weight excluding hydrogens is 1040 g/mol. The second kappa shape index (κ2) is 24.8. The first-order valence-corrected chi connectivity index (χ1v) is 26.6. The summed E-state index contributed by atoms with van der Waals surface area (Å²) < 4.78 is 101. The summed E-state index contributed by atoms with van der Waals surface area (Å²) >= 11 is 0. The Bertz CT molecular complexity index is 3190. The van der Waals surface area contributed by atoms with Gasteiger partial charge in [-0.25, -0.2) is 0 Å². The van der Waals surface area contributed by atoms with E-state index in [1.807, 2.05) is 56.3 Å². The van der Waals surface area contributed by atoms with Crippen LogP contribution in [0.1, 0.15) is 62.2 Å². The average molecular weight is 1110 g/mol. The van der Waals surface area contributed by atoms with E-state index in [9.17, 15) is 32.3 Å². The largest absolute Gasteiger partial charge is 0.486 e. The van der Waals surface area contributed by atoms with Gasteiger partial charge in [-0.15, -0.1) is 0 Å². The molecule has 3 N–H and O–H groups in total. The molecule has 21 heteroatoms. The number of benzene rings is 4. The number of pyridine rings is 2. The second-order valence-electron chi connectivity index (χ2n) is 19.8. The van der Waals surface area contributed by atoms with E-state index in [4.69, 9.17) is 42.9 Å². The molecule has 11 rings (SSSR count). The Balaban J connectivity index is 0.000000182. The molecule has 2 aromatic heterocycles. The number of morpholine rings is 2. The predicted molar refractivity (Wildman–Crippen MR) is 290 cm³/mol. The maximum absolute atomic E-state index is 14.2. The SMILES string of the molecule is Cc1ccc(NC(=O)c2ccc3c(c2)C(F)(F)CO3)cc1-c1cc(OCCO)nc(N2CCOCC2)c1.Cc1ccc(NC(=O)c2ccc3c(c2)C(F)(F)CO3)cc1-c1cc(OCCOC2CCCCO2)nc(N2CCOCC2)c1. The molecule has 1 atom stereocenters. The van der Waals surface area contributed by atoms with Gasteiger partial charge < -0.3 is 63.4 Å². The van der Waals surface area contributed by atoms with Crippen LogP contribution in [0.2, 0.25) is 0 Å². The minimum Gasteiger partial charge on any atom is -0.486 e. The van der Waals surface area contributed by atoms with Crippen LogP contribution in [0.5, 0.6) is 23.3 Å². The van der Waals surface area contributed by atoms with Crippen molar-refractivity contribution in [2.24, 2.45) is 0 Å². The fraction of sp³-hybridized carbons (Fsp3) is 0.390. The number of aromatic nitrogens is 2. The van der Waals surface area contributed by atoms with Crippen molar-refractivity contribution in [1.82, 2.24) is 9.97 Å². The summed E-state index contributed by atoms with van der Waals surface area (Å²) in [6, 6.07) is 26.7. The summed E-state index contributed by atoms with van der Waals surface area (Å²) in [5.74, 6) is -4.73. The highest BCUT2D eigenvalue weighted by molar-refractivity contribution is 6.05. The normalized spacial score (nSPS) is 17.9. The van der Waals surface area contributed by atoms with Gasteiger partial charge in [0.1, 0.15) is 36.3 Å². The number of alkyl halides is 4. The second-order valence-corrected chi connectivity index (χ2v) is 19.8. The molecule has 2 amide bonds. The number of aryl methyl sites for hydroxylation is 2. The lowest BCUT2D eigenvalue weighted by molar-refractivity contribution is -0.165. The Morgan fingerprint density at radius 2 is 1.10 bits per heavy atom. The van der Waals surface area contributed by atoms with E-state index in [0.717, 1.165) is 70.9 Å². The van der Waals surface area contributed by atoms with Crippen LogP contribution in [0.4, 0.5) is 40.6 Å². The number of aliphatic hydroxyl groups excluding tert-OH is 1. The van der Waals surface area contributed by atoms with Gasteiger partial charge in [0.15, 0.2) is 19.5 Å². The summed E-state index contributed by atoms with van der Waals surface area (Å²) in [4.78, 5) is 39.6. The summed E-state index contributed by atoms with van der Waals surface area (Å²) in [5, 5.41) is 14.9. The van der Waals surface area contributed by atoms with Gasteiger partial charge >= 0.3 is 11.8 Å². The molecule has 1 unspecified atom stereocenters. The monoisotopic (exact) mass is 1110 g/mol. The summed E-state index contributed by atoms with van der Waals surface area (Å²) in [7, 11) is 0. The van der Waals surface area contributed by atoms with Crippen LogP contribution < -0.4 is 39.4 Å². The average Bonchev–Trinajstić information content (AvgIpc) is 3.97. The highest BCUT2D eigenvalue weighted by atomic mass is 19.3. The zero-order chi connectivity index (χ0) is 55.8. The first-order chi connectivity index (χ1) is 38.7. The number of hydrogen-bond donors (Lipinski definition) is 3. The predicted octanol–water partition coefficient (Wildman–Crippen LogP) is 9.55. The third-order valence-corrected chi connectivity index (χ3v) is 14.1. The molecule has 0 saturated carbocycles. The molecule has 5 aliphatic rings. The third-order valence-electron chi connectivity index (χ3n) is 14.1. The molecule has 422 valence electrons. The molecule has 0 spiro atoms. The molecule has 3 fully saturated rings. The molecule has 4 aromatic carbocycles. The van der Waals surface area contributed by atoms with Gasteiger partial charge in [0.25, 0.3) is 11.8 Å². The fourth-order valence-corrected chi connectivity index (χ4v) is 9.76. The van der Waals surface area contributed by atoms with Gasteiger partial charge in [-0.1, -0.05) is 12.1 Å². The van der Waals surface area contributed by atoms with Crippen LogP contribution in [0.3, 0.4) is 0 Å². The van der Waals surface area contributed by atoms with Gasteiger partial charge in [-0.3, -0.25) is 9.59 Å². The van der Waals surface area contributed by atoms with Gasteiger partial charge in [0.05, 0.1) is 50.8 Å². The Morgan fingerprint density at radius 1 is 0.613 bits per heavy atom. The maximum atomic E-state index is 14.2. The number of amides is 2. The summed E-state index contributed by atoms with van der Waals surface area (Å²) in [6.45, 7) is 9.08. The van der Waals surface area contributed by atoms with Crippen LogP contribution >= 0.6 is 0 Å². The fourth-order valence-electron chi connectivity index (χ4n) is 9.76. The van der Waals surface area contributed by atoms with E-state index in [1.165, 1.54) is 36.4 Å². The van der Waals surface area contributed by atoms with E-state index in [1.54, 1.807) is 18.2 Å². The van der Waals surface area contributed by atoms with Gasteiger partial charge in [-0.05, 0) is 139 Å². The van der Waals surface area contributed by atoms with Gasteiger partial charge in [-0.2, -0.15) is 27.5 Å². The topological polar surface area (TPSA) is 185 Å². The van der Waals surface area contributed by atoms with E-state index in [-0.39, 0.29) is 53.3 Å². The van der Waals surface area contributed by atoms with Crippen LogP contribution in [-0.4, -0.2) is 132 Å². The lowest BCUT2D eigenvalue weighted by Crippen LogP contribution is -2.36. The number of nitrogens with one attached hydrogen (secondary N) is 2. The zero-order valence-corrected chi connectivity index (χ0v) is 44.4. The van der Waals surface area contributed by atoms with Crippen molar-refractivity contribution in [2.45, 2.75) is 51.2 Å². The molecule has 0 bridgehead atoms. The number of fused-ring (bicyclic) bond motifs is 2. The van der Waals surface area contributed by atoms with Gasteiger partial charge in [0.2, 0.25) is 11.8 Å². The van der Waals surface area contributed by atoms with E-state index >= 15 is 0 Å². The molecule has 5 aliphatic heterocycles. The van der Waals surface area contributed by atoms with Crippen molar-refractivity contribution in [2.75, 3.05) is 119 Å². The number of nitrogens with zero attached hydrogens (tertiary/aromatic N) is 4. The first kappa shape index (κ1) is 55.7. The maximum Gasteiger partial charge on any atom is 0.310 e. The quantitative estimate of drug-likeness (QED) is 0.0615. The van der Waals surface area contributed by atoms with Crippen molar-refractivity contribution in [3.8, 4) is 45.5 Å². The molecule has 17 nitrogen and oxygen atoms in total. The van der Waals surface area contributed by atoms with Crippen molar-refractivity contribution >= 4 is 34.8 Å². The first-order valence-electron chi connectivity index (χ1n) is 26.6. The minimum atomic E-state index is -3.13. The molecule has 80 heavy (non-hydrogen) atoms. The van der Waals surface area contributed by atoms with Crippen LogP contribution in [0.15, 0.2) is 97.1 Å². The number of rotatable bonds is 16. The minimum absolute atomic E-state index is 0.0900. The van der Waals surface area contributed by atoms with Crippen LogP contribution in [-0.2, 0) is 30.8 Å². The number of halogens is 4. The summed E-state index contributed by atoms with van der Waals surface area (Å²) in [6.07, 6.45) is 2.84. The number of carbonyl (C=O) groups excluding carboxylic acids is 2. The van der Waals surface area contributed by atoms with E-state index < -0.39 is 36.9 Å². The molecular formula is C59H62F4N6O11. The Kier molecular flexibility index (Phi) is 17.3. The Labute approximate surface area is 460 Å². The molecule has 0 radical (unpaired) electrons. The number of hydrogen-bond acceptors (Lipinski definition) is 15. The zero-order valence-electron chi connectivity index (χ0n) is 44.4. The number of aliphatic hydroxyl groups is 1. The van der Waals surface area contributed by atoms with Crippen LogP contribution in [0.25, 0.3) is 22.3 Å². The number of ether oxygens (including phenoxy) is 8. The molecule has 3 saturated heterocycles. The van der Waals surface area contributed by atoms with Crippen molar-refractivity contribution in [3.63, 3.8) is 0 Å². The summed E-state index contributed by atoms with van der Waals surface area (Å²) in [5.41, 5.74) is 6.07. The van der Waals surface area contributed by atoms with E-state index in [2.05, 4.69) is 25.4 Å². The Morgan fingerprint density at radius 3 is 1.56 bits per heavy atom. The third kappa shape index (κ3) is 13.4. The van der Waals surface area contributed by atoms with Crippen molar-refractivity contribution < 1.29 is 70.2 Å². The van der Waals surface area contributed by atoms with Crippen molar-refractivity contribution in [1.29, 1.82) is 0 Å². The highest BCUT2D eigenvalue weighted by Gasteiger charge is 2.43. The smallest absolute Gasteiger partial charge is 0.310 e. The number of anilines is 4. The van der Waals surface area contributed by atoms with E-state index in [0.29, 0.717) is 89.0 Å². The molecule has 7 heterocycles. The Hall–Kier alpha value is -7.56. The van der Waals surface area contributed by atoms with Crippen LogP contribution in [0, 0.1) is 13.8 Å². The highest BCUT2D eigenvalue weighted by Crippen LogP contribution is 2.43.